The summed E-state index contributed by atoms with van der Waals surface area (Å²) < 4.78 is 5.11. The molecule has 0 fully saturated rings. The number of amides is 1. The monoisotopic (exact) mass is 304 g/mol. The van der Waals surface area contributed by atoms with E-state index in [2.05, 4.69) is 0 Å². The highest BCUT2D eigenvalue weighted by molar-refractivity contribution is 7.09. The predicted octanol–water partition coefficient (Wildman–Crippen LogP) is 2.93. The van der Waals surface area contributed by atoms with Crippen molar-refractivity contribution < 1.29 is 9.53 Å². The van der Waals surface area contributed by atoms with Gasteiger partial charge in [0, 0.05) is 29.8 Å². The molecule has 2 N–H and O–H groups in total. The van der Waals surface area contributed by atoms with Crippen molar-refractivity contribution in [3.8, 4) is 0 Å². The zero-order chi connectivity index (χ0) is 15.2. The number of carbonyl (C=O) groups is 1. The lowest BCUT2D eigenvalue weighted by Crippen LogP contribution is -2.33. The normalized spacial score (nSPS) is 10.6. The standard InChI is InChI=1S/C16H20N2O2S/c1-12-8-13(10-14(17)9-12)16(19)18(5-6-20-2)11-15-4-3-7-21-15/h3-4,7-10H,5-6,11,17H2,1-2H3. The molecule has 1 amide bonds. The van der Waals surface area contributed by atoms with Crippen LogP contribution in [0.5, 0.6) is 0 Å². The van der Waals surface area contributed by atoms with Gasteiger partial charge in [-0.2, -0.15) is 0 Å². The minimum atomic E-state index is -0.0177. The van der Waals surface area contributed by atoms with Crippen LogP contribution in [-0.4, -0.2) is 31.1 Å². The van der Waals surface area contributed by atoms with Crippen LogP contribution in [0.15, 0.2) is 35.7 Å². The number of ether oxygens (including phenoxy) is 1. The maximum absolute atomic E-state index is 12.7. The summed E-state index contributed by atoms with van der Waals surface area (Å²) in [5.74, 6) is -0.0177. The molecule has 2 rings (SSSR count). The van der Waals surface area contributed by atoms with Gasteiger partial charge >= 0.3 is 0 Å². The molecule has 1 aromatic carbocycles. The van der Waals surface area contributed by atoms with Crippen molar-refractivity contribution in [2.24, 2.45) is 0 Å². The van der Waals surface area contributed by atoms with E-state index in [0.717, 1.165) is 10.4 Å². The lowest BCUT2D eigenvalue weighted by Gasteiger charge is -2.22. The largest absolute Gasteiger partial charge is 0.399 e. The molecule has 0 radical (unpaired) electrons. The van der Waals surface area contributed by atoms with Gasteiger partial charge in [0.2, 0.25) is 0 Å². The number of thiophene rings is 1. The molecule has 112 valence electrons. The molecule has 0 unspecified atom stereocenters. The number of nitrogen functional groups attached to an aromatic ring is 1. The predicted molar refractivity (Wildman–Crippen MR) is 86.5 cm³/mol. The van der Waals surface area contributed by atoms with E-state index in [1.54, 1.807) is 29.4 Å². The molecule has 1 heterocycles. The van der Waals surface area contributed by atoms with Crippen LogP contribution in [0.25, 0.3) is 0 Å². The van der Waals surface area contributed by atoms with Gasteiger partial charge in [0.05, 0.1) is 13.2 Å². The Morgan fingerprint density at radius 1 is 1.38 bits per heavy atom. The van der Waals surface area contributed by atoms with Crippen molar-refractivity contribution in [2.45, 2.75) is 13.5 Å². The Morgan fingerprint density at radius 3 is 2.81 bits per heavy atom. The van der Waals surface area contributed by atoms with Crippen molar-refractivity contribution >= 4 is 22.9 Å². The maximum Gasteiger partial charge on any atom is 0.254 e. The molecular formula is C16H20N2O2S. The fraction of sp³-hybridized carbons (Fsp3) is 0.312. The van der Waals surface area contributed by atoms with E-state index in [1.165, 1.54) is 0 Å². The number of anilines is 1. The minimum Gasteiger partial charge on any atom is -0.399 e. The summed E-state index contributed by atoms with van der Waals surface area (Å²) in [6.07, 6.45) is 0. The highest BCUT2D eigenvalue weighted by Gasteiger charge is 2.17. The zero-order valence-electron chi connectivity index (χ0n) is 12.3. The molecule has 0 bridgehead atoms. The van der Waals surface area contributed by atoms with Crippen molar-refractivity contribution in [3.05, 3.63) is 51.7 Å². The summed E-state index contributed by atoms with van der Waals surface area (Å²) in [6, 6.07) is 9.47. The van der Waals surface area contributed by atoms with E-state index >= 15 is 0 Å². The van der Waals surface area contributed by atoms with Gasteiger partial charge in [-0.15, -0.1) is 11.3 Å². The van der Waals surface area contributed by atoms with Crippen LogP contribution in [0.4, 0.5) is 5.69 Å². The summed E-state index contributed by atoms with van der Waals surface area (Å²) in [4.78, 5) is 15.6. The Bertz CT molecular complexity index is 576. The highest BCUT2D eigenvalue weighted by Crippen LogP contribution is 2.17. The van der Waals surface area contributed by atoms with Gasteiger partial charge in [0.15, 0.2) is 0 Å². The van der Waals surface area contributed by atoms with E-state index in [9.17, 15) is 4.79 Å². The quantitative estimate of drug-likeness (QED) is 0.835. The van der Waals surface area contributed by atoms with Crippen LogP contribution in [-0.2, 0) is 11.3 Å². The van der Waals surface area contributed by atoms with Crippen LogP contribution < -0.4 is 5.73 Å². The Hall–Kier alpha value is -1.85. The highest BCUT2D eigenvalue weighted by atomic mass is 32.1. The second kappa shape index (κ2) is 7.24. The molecule has 0 atom stereocenters. The summed E-state index contributed by atoms with van der Waals surface area (Å²) in [5.41, 5.74) is 8.06. The van der Waals surface area contributed by atoms with Crippen LogP contribution in [0.3, 0.4) is 0 Å². The maximum atomic E-state index is 12.7. The Kier molecular flexibility index (Phi) is 5.36. The van der Waals surface area contributed by atoms with Gasteiger partial charge in [-0.25, -0.2) is 0 Å². The molecule has 0 saturated carbocycles. The SMILES string of the molecule is COCCN(Cc1cccs1)C(=O)c1cc(C)cc(N)c1. The van der Waals surface area contributed by atoms with Crippen LogP contribution in [0, 0.1) is 6.92 Å². The van der Waals surface area contributed by atoms with Gasteiger partial charge in [0.1, 0.15) is 0 Å². The number of aryl methyl sites for hydroxylation is 1. The third kappa shape index (κ3) is 4.31. The molecule has 21 heavy (non-hydrogen) atoms. The molecule has 0 spiro atoms. The molecule has 0 aliphatic heterocycles. The van der Waals surface area contributed by atoms with E-state index in [-0.39, 0.29) is 5.91 Å². The molecule has 5 heteroatoms. The number of nitrogens with zero attached hydrogens (tertiary/aromatic N) is 1. The summed E-state index contributed by atoms with van der Waals surface area (Å²) in [7, 11) is 1.64. The first-order valence-corrected chi connectivity index (χ1v) is 7.66. The van der Waals surface area contributed by atoms with Crippen molar-refractivity contribution in [1.29, 1.82) is 0 Å². The number of hydrogen-bond donors (Lipinski definition) is 1. The third-order valence-electron chi connectivity index (χ3n) is 3.13. The second-order valence-corrected chi connectivity index (χ2v) is 5.96. The molecule has 1 aromatic heterocycles. The van der Waals surface area contributed by atoms with Gasteiger partial charge in [-0.1, -0.05) is 6.07 Å². The number of hydrogen-bond acceptors (Lipinski definition) is 4. The average Bonchev–Trinajstić information content (AvgIpc) is 2.94. The van der Waals surface area contributed by atoms with Crippen LogP contribution in [0.1, 0.15) is 20.8 Å². The fourth-order valence-corrected chi connectivity index (χ4v) is 2.88. The number of carbonyl (C=O) groups excluding carboxylic acids is 1. The van der Waals surface area contributed by atoms with Crippen LogP contribution >= 0.6 is 11.3 Å². The third-order valence-corrected chi connectivity index (χ3v) is 3.99. The van der Waals surface area contributed by atoms with E-state index in [0.29, 0.717) is 30.9 Å². The fourth-order valence-electron chi connectivity index (χ4n) is 2.16. The van der Waals surface area contributed by atoms with Gasteiger partial charge in [-0.05, 0) is 42.1 Å². The topological polar surface area (TPSA) is 55.6 Å². The van der Waals surface area contributed by atoms with Crippen LogP contribution in [0.2, 0.25) is 0 Å². The van der Waals surface area contributed by atoms with E-state index < -0.39 is 0 Å². The van der Waals surface area contributed by atoms with E-state index in [4.69, 9.17) is 10.5 Å². The van der Waals surface area contributed by atoms with Crippen molar-refractivity contribution in [1.82, 2.24) is 4.90 Å². The first-order chi connectivity index (χ1) is 10.1. The lowest BCUT2D eigenvalue weighted by molar-refractivity contribution is 0.0682. The minimum absolute atomic E-state index is 0.0177. The molecule has 0 aliphatic carbocycles. The Labute approximate surface area is 129 Å². The molecular weight excluding hydrogens is 284 g/mol. The molecule has 4 nitrogen and oxygen atoms in total. The smallest absolute Gasteiger partial charge is 0.254 e. The Morgan fingerprint density at radius 2 is 2.19 bits per heavy atom. The van der Waals surface area contributed by atoms with Gasteiger partial charge < -0.3 is 15.4 Å². The molecule has 0 saturated heterocycles. The molecule has 0 aliphatic rings. The number of rotatable bonds is 6. The van der Waals surface area contributed by atoms with Crippen molar-refractivity contribution in [3.63, 3.8) is 0 Å². The lowest BCUT2D eigenvalue weighted by atomic mass is 10.1. The first-order valence-electron chi connectivity index (χ1n) is 6.78. The first kappa shape index (κ1) is 15.5. The average molecular weight is 304 g/mol. The van der Waals surface area contributed by atoms with Crippen molar-refractivity contribution in [2.75, 3.05) is 26.0 Å². The number of nitrogens with two attached hydrogens (primary N) is 1. The molecule has 2 aromatic rings. The zero-order valence-corrected chi connectivity index (χ0v) is 13.2. The van der Waals surface area contributed by atoms with E-state index in [1.807, 2.05) is 36.6 Å². The van der Waals surface area contributed by atoms with Gasteiger partial charge in [-0.3, -0.25) is 4.79 Å². The Balaban J connectivity index is 2.20. The summed E-state index contributed by atoms with van der Waals surface area (Å²) in [5, 5.41) is 2.01. The summed E-state index contributed by atoms with van der Waals surface area (Å²) >= 11 is 1.64. The summed E-state index contributed by atoms with van der Waals surface area (Å²) in [6.45, 7) is 3.60. The second-order valence-electron chi connectivity index (χ2n) is 4.93. The van der Waals surface area contributed by atoms with Gasteiger partial charge in [0.25, 0.3) is 5.91 Å². The number of benzene rings is 1. The number of methoxy groups -OCH3 is 1.